The van der Waals surface area contributed by atoms with E-state index in [-0.39, 0.29) is 24.7 Å². The smallest absolute Gasteiger partial charge is 0.373 e. The van der Waals surface area contributed by atoms with Gasteiger partial charge in [0.25, 0.3) is 0 Å². The zero-order valence-corrected chi connectivity index (χ0v) is 23.1. The first kappa shape index (κ1) is 31.8. The molecule has 4 bridgehead atoms. The van der Waals surface area contributed by atoms with E-state index in [1.807, 2.05) is 12.1 Å². The van der Waals surface area contributed by atoms with Gasteiger partial charge in [0.15, 0.2) is 0 Å². The van der Waals surface area contributed by atoms with E-state index in [0.717, 1.165) is 36.4 Å². The molecule has 2 saturated heterocycles. The maximum Gasteiger partial charge on any atom is 0.373 e. The van der Waals surface area contributed by atoms with Crippen molar-refractivity contribution in [2.45, 2.75) is 76.5 Å². The van der Waals surface area contributed by atoms with Gasteiger partial charge in [-0.1, -0.05) is 26.0 Å². The van der Waals surface area contributed by atoms with Gasteiger partial charge in [0.05, 0.1) is 5.69 Å². The number of fused-ring (bicyclic) bond motifs is 8. The molecule has 0 saturated carbocycles. The molecule has 2 fully saturated rings. The van der Waals surface area contributed by atoms with Gasteiger partial charge in [-0.3, -0.25) is 9.80 Å². The van der Waals surface area contributed by atoms with Crippen molar-refractivity contribution < 1.29 is 24.0 Å². The minimum Gasteiger partial charge on any atom is -0.399 e. The highest BCUT2D eigenvalue weighted by Crippen LogP contribution is 2.45. The number of carbonyl (C=O) groups excluding carboxylic acids is 5. The molecule has 4 aliphatic rings. The number of nitrogens with two attached hydrogens (primary N) is 1. The van der Waals surface area contributed by atoms with Crippen molar-refractivity contribution in [2.75, 3.05) is 18.8 Å². The molecule has 2 aromatic rings. The zero-order valence-electron chi connectivity index (χ0n) is 22.3. The normalized spacial score (nSPS) is 23.1. The highest BCUT2D eigenvalue weighted by molar-refractivity contribution is 5.85. The molecule has 2 N–H and O–H groups in total. The molecule has 0 radical (unpaired) electrons. The molecule has 0 aliphatic carbocycles. The Hall–Kier alpha value is -3.41. The number of nitrogen functional groups attached to an aromatic ring is 1. The molecule has 0 amide bonds. The van der Waals surface area contributed by atoms with Crippen LogP contribution in [0.4, 0.5) is 11.4 Å². The van der Waals surface area contributed by atoms with Crippen LogP contribution in [0.25, 0.3) is 0 Å². The fourth-order valence-corrected chi connectivity index (χ4v) is 6.75. The summed E-state index contributed by atoms with van der Waals surface area (Å²) in [4.78, 5) is 51.8. The van der Waals surface area contributed by atoms with Crippen molar-refractivity contribution in [1.82, 2.24) is 9.80 Å². The highest BCUT2D eigenvalue weighted by atomic mass is 35.5. The monoisotopic (exact) mass is 554 g/mol. The Bertz CT molecular complexity index is 1220. The molecule has 9 nitrogen and oxygen atoms in total. The molecule has 4 aliphatic heterocycles. The lowest BCUT2D eigenvalue weighted by Crippen LogP contribution is -2.37. The van der Waals surface area contributed by atoms with Crippen molar-refractivity contribution in [3.63, 3.8) is 0 Å². The molecule has 39 heavy (non-hydrogen) atoms. The van der Waals surface area contributed by atoms with Gasteiger partial charge in [-0.05, 0) is 98.1 Å². The largest absolute Gasteiger partial charge is 0.399 e. The standard InChI is InChI=1S/C14H16N2O.C13H18N2.2CO2.ClH/c1-2-16-12-5-6-14(16)13-8-11(15-9-17)4-3-10(13)7-12;1-2-15-11-5-6-13(15)12-8-10(14)4-3-9(12)7-11;2*2-1-3;/h3-4,8,12,14H,2,5-7H2,1H3;3-4,8,11,13H,2,5-7,14H2,1H3;;;1H. The zero-order chi connectivity index (χ0) is 27.7. The predicted molar refractivity (Wildman–Crippen MR) is 146 cm³/mol. The third kappa shape index (κ3) is 7.17. The Balaban J connectivity index is 0.000000224. The second-order valence-corrected chi connectivity index (χ2v) is 9.77. The van der Waals surface area contributed by atoms with Crippen LogP contribution in [0.5, 0.6) is 0 Å². The van der Waals surface area contributed by atoms with Crippen LogP contribution in [0.1, 0.15) is 73.9 Å². The van der Waals surface area contributed by atoms with Gasteiger partial charge in [0, 0.05) is 29.9 Å². The summed E-state index contributed by atoms with van der Waals surface area (Å²) >= 11 is 0. The van der Waals surface area contributed by atoms with Crippen LogP contribution in [0.2, 0.25) is 0 Å². The van der Waals surface area contributed by atoms with E-state index in [1.165, 1.54) is 60.9 Å². The first-order valence-electron chi connectivity index (χ1n) is 13.0. The summed E-state index contributed by atoms with van der Waals surface area (Å²) in [5, 5.41) is 0. The maximum atomic E-state index is 10.3. The Morgan fingerprint density at radius 3 is 1.69 bits per heavy atom. The number of hydrogen-bond acceptors (Lipinski definition) is 9. The average molecular weight is 555 g/mol. The van der Waals surface area contributed by atoms with E-state index in [2.05, 4.69) is 52.9 Å². The summed E-state index contributed by atoms with van der Waals surface area (Å²) in [7, 11) is 0. The molecule has 4 unspecified atom stereocenters. The predicted octanol–water partition coefficient (Wildman–Crippen LogP) is 4.34. The van der Waals surface area contributed by atoms with Gasteiger partial charge in [0.1, 0.15) is 0 Å². The lowest BCUT2D eigenvalue weighted by atomic mass is 9.93. The minimum absolute atomic E-state index is 0. The fourth-order valence-electron chi connectivity index (χ4n) is 6.75. The quantitative estimate of drug-likeness (QED) is 0.337. The van der Waals surface area contributed by atoms with Crippen LogP contribution < -0.4 is 5.73 Å². The Morgan fingerprint density at radius 1 is 0.769 bits per heavy atom. The number of isocyanates is 1. The average Bonchev–Trinajstić information content (AvgIpc) is 3.39. The Morgan fingerprint density at radius 2 is 1.23 bits per heavy atom. The second kappa shape index (κ2) is 15.2. The van der Waals surface area contributed by atoms with E-state index >= 15 is 0 Å². The molecule has 208 valence electrons. The molecule has 2 aromatic carbocycles. The summed E-state index contributed by atoms with van der Waals surface area (Å²) in [6, 6.07) is 15.3. The van der Waals surface area contributed by atoms with Gasteiger partial charge in [0.2, 0.25) is 6.08 Å². The lowest BCUT2D eigenvalue weighted by Gasteiger charge is -2.35. The summed E-state index contributed by atoms with van der Waals surface area (Å²) < 4.78 is 0. The summed E-state index contributed by atoms with van der Waals surface area (Å²) in [5.41, 5.74) is 13.4. The van der Waals surface area contributed by atoms with Crippen LogP contribution in [0, 0.1) is 0 Å². The first-order chi connectivity index (χ1) is 18.5. The van der Waals surface area contributed by atoms with Crippen LogP contribution in [-0.4, -0.2) is 53.4 Å². The van der Waals surface area contributed by atoms with Crippen LogP contribution >= 0.6 is 12.4 Å². The van der Waals surface area contributed by atoms with E-state index in [4.69, 9.17) is 24.9 Å². The Kier molecular flexibility index (Phi) is 12.4. The van der Waals surface area contributed by atoms with Crippen LogP contribution in [0.15, 0.2) is 41.4 Å². The van der Waals surface area contributed by atoms with Crippen molar-refractivity contribution in [1.29, 1.82) is 0 Å². The summed E-state index contributed by atoms with van der Waals surface area (Å²) in [5.74, 6) is 0. The minimum atomic E-state index is 0. The van der Waals surface area contributed by atoms with Crippen molar-refractivity contribution in [3.8, 4) is 0 Å². The maximum absolute atomic E-state index is 10.3. The fraction of sp³-hybridized carbons (Fsp3) is 0.483. The molecule has 6 rings (SSSR count). The SMILES string of the molecule is CCN1C2CCC1c1cc(N)ccc1C2.CCN1C2CCC1c1cc(N=C=O)ccc1C2.Cl.O=C=O.O=C=O. The first-order valence-corrected chi connectivity index (χ1v) is 13.0. The van der Waals surface area contributed by atoms with Crippen LogP contribution in [-0.2, 0) is 36.8 Å². The van der Waals surface area contributed by atoms with Gasteiger partial charge < -0.3 is 5.73 Å². The highest BCUT2D eigenvalue weighted by Gasteiger charge is 2.39. The van der Waals surface area contributed by atoms with Crippen molar-refractivity contribution in [3.05, 3.63) is 58.7 Å². The molecule has 4 atom stereocenters. The molecular formula is C29H35ClN4O5. The van der Waals surface area contributed by atoms with E-state index < -0.39 is 0 Å². The molecule has 0 spiro atoms. The summed E-state index contributed by atoms with van der Waals surface area (Å²) in [6.45, 7) is 6.77. The van der Waals surface area contributed by atoms with E-state index in [9.17, 15) is 4.79 Å². The van der Waals surface area contributed by atoms with E-state index in [1.54, 1.807) is 6.08 Å². The number of nitrogens with zero attached hydrogens (tertiary/aromatic N) is 3. The molecule has 0 aromatic heterocycles. The number of halogens is 1. The van der Waals surface area contributed by atoms with Gasteiger partial charge in [-0.2, -0.15) is 24.2 Å². The third-order valence-corrected chi connectivity index (χ3v) is 8.12. The van der Waals surface area contributed by atoms with Crippen molar-refractivity contribution >= 4 is 42.2 Å². The van der Waals surface area contributed by atoms with Gasteiger partial charge >= 0.3 is 12.3 Å². The lowest BCUT2D eigenvalue weighted by molar-refractivity contribution is -0.193. The number of benzene rings is 2. The number of rotatable bonds is 3. The number of anilines is 1. The van der Waals surface area contributed by atoms with E-state index in [0.29, 0.717) is 12.1 Å². The van der Waals surface area contributed by atoms with Crippen molar-refractivity contribution in [2.24, 2.45) is 4.99 Å². The number of aliphatic imine (C=N–C) groups is 1. The molecular weight excluding hydrogens is 520 g/mol. The van der Waals surface area contributed by atoms with Gasteiger partial charge in [-0.15, -0.1) is 12.4 Å². The Labute approximate surface area is 234 Å². The van der Waals surface area contributed by atoms with Crippen LogP contribution in [0.3, 0.4) is 0 Å². The molecule has 4 heterocycles. The van der Waals surface area contributed by atoms with Gasteiger partial charge in [-0.25, -0.2) is 4.79 Å². The summed E-state index contributed by atoms with van der Waals surface area (Å²) in [6.07, 6.45) is 9.68. The topological polar surface area (TPSA) is 130 Å². The molecule has 10 heteroatoms. The second-order valence-electron chi connectivity index (χ2n) is 9.77. The number of likely N-dealkylation sites (N-methyl/N-ethyl adjacent to an activating group) is 2. The number of hydrogen-bond donors (Lipinski definition) is 1. The third-order valence-electron chi connectivity index (χ3n) is 8.12.